The Morgan fingerprint density at radius 3 is 3.05 bits per heavy atom. The molecule has 0 radical (unpaired) electrons. The van der Waals surface area contributed by atoms with E-state index in [2.05, 4.69) is 15.1 Å². The summed E-state index contributed by atoms with van der Waals surface area (Å²) in [4.78, 5) is 19.3. The first kappa shape index (κ1) is 13.9. The van der Waals surface area contributed by atoms with Crippen molar-refractivity contribution < 1.29 is 4.79 Å². The van der Waals surface area contributed by atoms with Crippen LogP contribution in [-0.2, 0) is 11.2 Å². The van der Waals surface area contributed by atoms with Crippen molar-refractivity contribution in [3.63, 3.8) is 0 Å². The Hall–Kier alpha value is -2.05. The minimum atomic E-state index is 0.202. The van der Waals surface area contributed by atoms with Gasteiger partial charge < -0.3 is 4.79 Å². The van der Waals surface area contributed by atoms with Gasteiger partial charge in [-0.05, 0) is 19.1 Å². The van der Waals surface area contributed by atoms with Crippen LogP contribution < -0.4 is 0 Å². The number of halogens is 1. The molecule has 7 heteroatoms. The smallest absolute Gasteiger partial charge is 0.143 e. The Morgan fingerprint density at radius 1 is 1.48 bits per heavy atom. The molecule has 3 heterocycles. The second-order valence-corrected chi connectivity index (χ2v) is 5.66. The van der Waals surface area contributed by atoms with Gasteiger partial charge in [-0.2, -0.15) is 5.10 Å². The van der Waals surface area contributed by atoms with Crippen LogP contribution in [0.3, 0.4) is 0 Å². The van der Waals surface area contributed by atoms with Gasteiger partial charge in [0.15, 0.2) is 0 Å². The zero-order chi connectivity index (χ0) is 14.8. The molecule has 3 rings (SSSR count). The zero-order valence-corrected chi connectivity index (χ0v) is 12.7. The lowest BCUT2D eigenvalue weighted by atomic mass is 10.1. The quantitative estimate of drug-likeness (QED) is 0.548. The van der Waals surface area contributed by atoms with Gasteiger partial charge in [-0.15, -0.1) is 11.3 Å². The first-order valence-corrected chi connectivity index (χ1v) is 7.50. The van der Waals surface area contributed by atoms with Gasteiger partial charge in [-0.1, -0.05) is 11.6 Å². The highest BCUT2D eigenvalue weighted by atomic mass is 35.5. The normalized spacial score (nSPS) is 10.8. The Balaban J connectivity index is 2.10. The number of carbonyl (C=O) groups excluding carboxylic acids is 1. The second kappa shape index (κ2) is 5.75. The molecule has 0 aliphatic carbocycles. The van der Waals surface area contributed by atoms with E-state index in [1.54, 1.807) is 10.9 Å². The van der Waals surface area contributed by atoms with Gasteiger partial charge >= 0.3 is 0 Å². The number of hydrogen-bond donors (Lipinski definition) is 0. The SMILES string of the molecule is Cc1cc(-n2ccc(-c3nccs3)n2)c(CC=O)c(Cl)n1. The summed E-state index contributed by atoms with van der Waals surface area (Å²) in [5.74, 6) is 0. The van der Waals surface area contributed by atoms with E-state index in [4.69, 9.17) is 11.6 Å². The Bertz CT molecular complexity index is 782. The fourth-order valence-corrected chi connectivity index (χ4v) is 2.95. The highest BCUT2D eigenvalue weighted by molar-refractivity contribution is 7.13. The maximum atomic E-state index is 10.9. The maximum absolute atomic E-state index is 10.9. The Kier molecular flexibility index (Phi) is 3.81. The summed E-state index contributed by atoms with van der Waals surface area (Å²) < 4.78 is 1.70. The van der Waals surface area contributed by atoms with E-state index < -0.39 is 0 Å². The van der Waals surface area contributed by atoms with Crippen LogP contribution in [0, 0.1) is 6.92 Å². The molecule has 0 aliphatic rings. The minimum absolute atomic E-state index is 0.202. The predicted molar refractivity (Wildman–Crippen MR) is 82.0 cm³/mol. The van der Waals surface area contributed by atoms with Gasteiger partial charge in [0.05, 0.1) is 5.69 Å². The van der Waals surface area contributed by atoms with Crippen molar-refractivity contribution >= 4 is 29.2 Å². The number of pyridine rings is 1. The lowest BCUT2D eigenvalue weighted by Gasteiger charge is -2.10. The van der Waals surface area contributed by atoms with Gasteiger partial charge in [-0.25, -0.2) is 14.6 Å². The Morgan fingerprint density at radius 2 is 2.33 bits per heavy atom. The highest BCUT2D eigenvalue weighted by Gasteiger charge is 2.13. The van der Waals surface area contributed by atoms with E-state index in [1.807, 2.05) is 30.6 Å². The molecule has 3 aromatic rings. The molecule has 5 nitrogen and oxygen atoms in total. The summed E-state index contributed by atoms with van der Waals surface area (Å²) in [7, 11) is 0. The third kappa shape index (κ3) is 2.72. The molecule has 3 aromatic heterocycles. The van der Waals surface area contributed by atoms with E-state index in [-0.39, 0.29) is 6.42 Å². The predicted octanol–water partition coefficient (Wildman–Crippen LogP) is 3.09. The van der Waals surface area contributed by atoms with Crippen molar-refractivity contribution in [3.05, 3.63) is 46.3 Å². The van der Waals surface area contributed by atoms with Crippen molar-refractivity contribution in [2.75, 3.05) is 0 Å². The molecule has 0 bridgehead atoms. The molecule has 0 unspecified atom stereocenters. The summed E-state index contributed by atoms with van der Waals surface area (Å²) >= 11 is 7.67. The average Bonchev–Trinajstić information content (AvgIpc) is 3.10. The second-order valence-electron chi connectivity index (χ2n) is 4.41. The molecule has 0 fully saturated rings. The molecule has 0 N–H and O–H groups in total. The van der Waals surface area contributed by atoms with Crippen LogP contribution in [0.15, 0.2) is 29.9 Å². The van der Waals surface area contributed by atoms with Crippen molar-refractivity contribution in [1.29, 1.82) is 0 Å². The monoisotopic (exact) mass is 318 g/mol. The molecular weight excluding hydrogens is 308 g/mol. The molecule has 0 spiro atoms. The van der Waals surface area contributed by atoms with E-state index >= 15 is 0 Å². The fraction of sp³-hybridized carbons (Fsp3) is 0.143. The average molecular weight is 319 g/mol. The van der Waals surface area contributed by atoms with Crippen LogP contribution in [0.2, 0.25) is 5.15 Å². The molecule has 0 aromatic carbocycles. The number of aldehydes is 1. The maximum Gasteiger partial charge on any atom is 0.143 e. The van der Waals surface area contributed by atoms with Crippen LogP contribution in [0.4, 0.5) is 0 Å². The molecule has 0 saturated carbocycles. The number of nitrogens with zero attached hydrogens (tertiary/aromatic N) is 4. The van der Waals surface area contributed by atoms with Crippen LogP contribution in [0.25, 0.3) is 16.4 Å². The lowest BCUT2D eigenvalue weighted by Crippen LogP contribution is -2.04. The summed E-state index contributed by atoms with van der Waals surface area (Å²) in [6.45, 7) is 1.85. The number of hydrogen-bond acceptors (Lipinski definition) is 5. The van der Waals surface area contributed by atoms with Gasteiger partial charge in [0.2, 0.25) is 0 Å². The third-order valence-corrected chi connectivity index (χ3v) is 4.06. The number of thiazole rings is 1. The van der Waals surface area contributed by atoms with E-state index in [0.717, 1.165) is 28.4 Å². The van der Waals surface area contributed by atoms with Gasteiger partial charge in [0, 0.05) is 35.5 Å². The summed E-state index contributed by atoms with van der Waals surface area (Å²) in [6.07, 6.45) is 4.58. The van der Waals surface area contributed by atoms with Crippen molar-refractivity contribution in [1.82, 2.24) is 19.7 Å². The largest absolute Gasteiger partial charge is 0.303 e. The van der Waals surface area contributed by atoms with Crippen LogP contribution in [0.5, 0.6) is 0 Å². The standard InChI is InChI=1S/C14H11ClN4OS/c1-9-8-12(10(3-6-20)13(15)17-9)19-5-2-11(18-19)14-16-4-7-21-14/h2,4-8H,3H2,1H3. The molecule has 0 amide bonds. The van der Waals surface area contributed by atoms with E-state index in [9.17, 15) is 4.79 Å². The highest BCUT2D eigenvalue weighted by Crippen LogP contribution is 2.25. The molecule has 0 atom stereocenters. The van der Waals surface area contributed by atoms with Crippen LogP contribution in [0.1, 0.15) is 11.3 Å². The van der Waals surface area contributed by atoms with Gasteiger partial charge in [0.25, 0.3) is 0 Å². The molecule has 0 saturated heterocycles. The summed E-state index contributed by atoms with van der Waals surface area (Å²) in [6, 6.07) is 3.75. The zero-order valence-electron chi connectivity index (χ0n) is 11.2. The summed E-state index contributed by atoms with van der Waals surface area (Å²) in [5.41, 5.74) is 3.00. The van der Waals surface area contributed by atoms with Crippen LogP contribution in [-0.4, -0.2) is 26.0 Å². The van der Waals surface area contributed by atoms with Gasteiger partial charge in [0.1, 0.15) is 22.1 Å². The molecular formula is C14H11ClN4OS. The number of carbonyl (C=O) groups is 1. The van der Waals surface area contributed by atoms with Crippen molar-refractivity contribution in [2.45, 2.75) is 13.3 Å². The van der Waals surface area contributed by atoms with Crippen LogP contribution >= 0.6 is 22.9 Å². The molecule has 0 aliphatic heterocycles. The number of aromatic nitrogens is 4. The first-order chi connectivity index (χ1) is 10.2. The number of aryl methyl sites for hydroxylation is 1. The van der Waals surface area contributed by atoms with E-state index in [1.165, 1.54) is 11.3 Å². The molecule has 21 heavy (non-hydrogen) atoms. The van der Waals surface area contributed by atoms with E-state index in [0.29, 0.717) is 10.7 Å². The summed E-state index contributed by atoms with van der Waals surface area (Å²) in [5, 5.41) is 7.60. The van der Waals surface area contributed by atoms with Crippen molar-refractivity contribution in [3.8, 4) is 16.4 Å². The number of rotatable bonds is 4. The fourth-order valence-electron chi connectivity index (χ4n) is 2.04. The topological polar surface area (TPSA) is 60.7 Å². The Labute approximate surface area is 130 Å². The molecule has 106 valence electrons. The minimum Gasteiger partial charge on any atom is -0.303 e. The lowest BCUT2D eigenvalue weighted by molar-refractivity contribution is -0.107. The van der Waals surface area contributed by atoms with Gasteiger partial charge in [-0.3, -0.25) is 0 Å². The third-order valence-electron chi connectivity index (χ3n) is 2.95. The van der Waals surface area contributed by atoms with Crippen molar-refractivity contribution in [2.24, 2.45) is 0 Å². The first-order valence-electron chi connectivity index (χ1n) is 6.24.